The molecule has 1 heterocycles. The average Bonchev–Trinajstić information content (AvgIpc) is 2.23. The summed E-state index contributed by atoms with van der Waals surface area (Å²) in [5, 5.41) is 18.1. The predicted octanol–water partition coefficient (Wildman–Crippen LogP) is 0.816. The number of nitrogens with zero attached hydrogens (tertiary/aromatic N) is 1. The number of hydrogen-bond acceptors (Lipinski definition) is 3. The minimum atomic E-state index is -1.64. The molecule has 76 valence electrons. The molecule has 0 aliphatic carbocycles. The molecular weight excluding hydrogens is 264 g/mol. The maximum Gasteiger partial charge on any atom is 0.490 e. The zero-order chi connectivity index (χ0) is 11.0. The molecule has 1 aromatic heterocycles. The van der Waals surface area contributed by atoms with Crippen molar-refractivity contribution in [3.05, 3.63) is 34.7 Å². The van der Waals surface area contributed by atoms with Gasteiger partial charge in [0.1, 0.15) is 5.82 Å². The second-order valence-corrected chi connectivity index (χ2v) is 3.92. The van der Waals surface area contributed by atoms with Gasteiger partial charge in [0.2, 0.25) is 0 Å². The van der Waals surface area contributed by atoms with Crippen LogP contribution in [0.3, 0.4) is 0 Å². The summed E-state index contributed by atoms with van der Waals surface area (Å²) in [5.41, 5.74) is 0.624. The Morgan fingerprint density at radius 2 is 2.07 bits per heavy atom. The van der Waals surface area contributed by atoms with Gasteiger partial charge < -0.3 is 10.0 Å². The molecule has 2 rings (SSSR count). The Balaban J connectivity index is 2.76. The number of benzene rings is 1. The summed E-state index contributed by atoms with van der Waals surface area (Å²) in [7, 11) is -1.64. The van der Waals surface area contributed by atoms with Gasteiger partial charge in [-0.25, -0.2) is 4.39 Å². The van der Waals surface area contributed by atoms with E-state index in [4.69, 9.17) is 10.0 Å². The minimum absolute atomic E-state index is 0.166. The van der Waals surface area contributed by atoms with Crippen LogP contribution in [0.15, 0.2) is 28.9 Å². The fraction of sp³-hybridized carbons (Fsp3) is 0. The van der Waals surface area contributed by atoms with Crippen molar-refractivity contribution in [1.82, 2.24) is 4.98 Å². The van der Waals surface area contributed by atoms with Crippen LogP contribution in [0.1, 0.15) is 0 Å². The maximum absolute atomic E-state index is 13.4. The molecule has 0 radical (unpaired) electrons. The smallest absolute Gasteiger partial charge is 0.423 e. The SMILES string of the molecule is OB(O)c1cnc2c(Br)ccc(F)c2c1. The molecule has 0 aliphatic heterocycles. The van der Waals surface area contributed by atoms with Crippen LogP contribution >= 0.6 is 15.9 Å². The third kappa shape index (κ3) is 1.88. The normalized spacial score (nSPS) is 10.7. The van der Waals surface area contributed by atoms with E-state index in [-0.39, 0.29) is 10.8 Å². The van der Waals surface area contributed by atoms with Crippen molar-refractivity contribution in [1.29, 1.82) is 0 Å². The van der Waals surface area contributed by atoms with Gasteiger partial charge in [0.25, 0.3) is 0 Å². The monoisotopic (exact) mass is 269 g/mol. The van der Waals surface area contributed by atoms with Gasteiger partial charge in [-0.1, -0.05) is 0 Å². The van der Waals surface area contributed by atoms with E-state index in [1.807, 2.05) is 0 Å². The zero-order valence-corrected chi connectivity index (χ0v) is 9.07. The van der Waals surface area contributed by atoms with E-state index in [1.165, 1.54) is 18.3 Å². The topological polar surface area (TPSA) is 53.4 Å². The van der Waals surface area contributed by atoms with Crippen LogP contribution in [0, 0.1) is 5.82 Å². The molecule has 2 N–H and O–H groups in total. The molecule has 1 aromatic carbocycles. The molecule has 0 atom stereocenters. The Hall–Kier alpha value is -0.975. The number of fused-ring (bicyclic) bond motifs is 1. The molecule has 0 saturated heterocycles. The summed E-state index contributed by atoms with van der Waals surface area (Å²) in [4.78, 5) is 3.96. The van der Waals surface area contributed by atoms with Gasteiger partial charge in [-0.15, -0.1) is 0 Å². The fourth-order valence-electron chi connectivity index (χ4n) is 1.31. The molecule has 0 unspecified atom stereocenters. The Bertz CT molecular complexity index is 521. The fourth-order valence-corrected chi connectivity index (χ4v) is 1.76. The van der Waals surface area contributed by atoms with E-state index >= 15 is 0 Å². The predicted molar refractivity (Wildman–Crippen MR) is 59.2 cm³/mol. The lowest BCUT2D eigenvalue weighted by atomic mass is 9.81. The molecule has 2 aromatic rings. The molecule has 15 heavy (non-hydrogen) atoms. The van der Waals surface area contributed by atoms with Crippen molar-refractivity contribution in [3.8, 4) is 0 Å². The molecule has 3 nitrogen and oxygen atoms in total. The van der Waals surface area contributed by atoms with Crippen LogP contribution in [0.5, 0.6) is 0 Å². The Kier molecular flexibility index (Phi) is 2.73. The first-order chi connectivity index (χ1) is 7.09. The Labute approximate surface area is 93.8 Å². The van der Waals surface area contributed by atoms with E-state index in [1.54, 1.807) is 6.07 Å². The molecule has 0 amide bonds. The highest BCUT2D eigenvalue weighted by molar-refractivity contribution is 9.10. The molecule has 0 saturated carbocycles. The minimum Gasteiger partial charge on any atom is -0.423 e. The average molecular weight is 270 g/mol. The summed E-state index contributed by atoms with van der Waals surface area (Å²) in [5.74, 6) is -0.441. The quantitative estimate of drug-likeness (QED) is 0.754. The highest BCUT2D eigenvalue weighted by atomic mass is 79.9. The molecule has 6 heteroatoms. The third-order valence-electron chi connectivity index (χ3n) is 2.07. The first kappa shape index (κ1) is 10.5. The highest BCUT2D eigenvalue weighted by Crippen LogP contribution is 2.23. The first-order valence-corrected chi connectivity index (χ1v) is 4.98. The van der Waals surface area contributed by atoms with Crippen LogP contribution in [0.2, 0.25) is 0 Å². The number of halogens is 2. The molecule has 0 aliphatic rings. The standard InChI is InChI=1S/C9H6BBrFNO2/c11-7-1-2-8(12)6-3-5(10(14)15)4-13-9(6)7/h1-4,14-15H. The van der Waals surface area contributed by atoms with Crippen molar-refractivity contribution < 1.29 is 14.4 Å². The lowest BCUT2D eigenvalue weighted by Crippen LogP contribution is -2.30. The van der Waals surface area contributed by atoms with Crippen LogP contribution in [-0.2, 0) is 0 Å². The van der Waals surface area contributed by atoms with E-state index in [2.05, 4.69) is 20.9 Å². The van der Waals surface area contributed by atoms with Crippen LogP contribution in [-0.4, -0.2) is 22.2 Å². The van der Waals surface area contributed by atoms with E-state index in [0.717, 1.165) is 0 Å². The first-order valence-electron chi connectivity index (χ1n) is 4.19. The summed E-state index contributed by atoms with van der Waals surface area (Å²) in [6, 6.07) is 4.22. The summed E-state index contributed by atoms with van der Waals surface area (Å²) >= 11 is 3.24. The van der Waals surface area contributed by atoms with Gasteiger partial charge in [0.15, 0.2) is 0 Å². The molecular formula is C9H6BBrFNO2. The number of aromatic nitrogens is 1. The largest absolute Gasteiger partial charge is 0.490 e. The number of hydrogen-bond donors (Lipinski definition) is 2. The van der Waals surface area contributed by atoms with Gasteiger partial charge >= 0.3 is 7.12 Å². The van der Waals surface area contributed by atoms with Gasteiger partial charge in [0.05, 0.1) is 5.52 Å². The van der Waals surface area contributed by atoms with E-state index < -0.39 is 12.9 Å². The Morgan fingerprint density at radius 3 is 2.73 bits per heavy atom. The lowest BCUT2D eigenvalue weighted by Gasteiger charge is -2.04. The van der Waals surface area contributed by atoms with Crippen molar-refractivity contribution in [3.63, 3.8) is 0 Å². The van der Waals surface area contributed by atoms with Crippen molar-refractivity contribution >= 4 is 39.4 Å². The lowest BCUT2D eigenvalue weighted by molar-refractivity contribution is 0.425. The summed E-state index contributed by atoms with van der Waals surface area (Å²) in [6.45, 7) is 0. The number of pyridine rings is 1. The van der Waals surface area contributed by atoms with Gasteiger partial charge in [-0.2, -0.15) is 0 Å². The van der Waals surface area contributed by atoms with Crippen LogP contribution in [0.4, 0.5) is 4.39 Å². The van der Waals surface area contributed by atoms with Gasteiger partial charge in [-0.05, 0) is 34.1 Å². The number of rotatable bonds is 1. The molecule has 0 spiro atoms. The second kappa shape index (κ2) is 3.88. The zero-order valence-electron chi connectivity index (χ0n) is 7.48. The van der Waals surface area contributed by atoms with E-state index in [9.17, 15) is 4.39 Å². The summed E-state index contributed by atoms with van der Waals surface area (Å²) in [6.07, 6.45) is 1.30. The molecule has 0 fully saturated rings. The van der Waals surface area contributed by atoms with Crippen LogP contribution in [0.25, 0.3) is 10.9 Å². The van der Waals surface area contributed by atoms with E-state index in [0.29, 0.717) is 9.99 Å². The Morgan fingerprint density at radius 1 is 1.33 bits per heavy atom. The summed E-state index contributed by atoms with van der Waals surface area (Å²) < 4.78 is 14.1. The van der Waals surface area contributed by atoms with Gasteiger partial charge in [-0.3, -0.25) is 4.98 Å². The third-order valence-corrected chi connectivity index (χ3v) is 2.71. The highest BCUT2D eigenvalue weighted by Gasteiger charge is 2.14. The molecule has 0 bridgehead atoms. The second-order valence-electron chi connectivity index (χ2n) is 3.07. The maximum atomic E-state index is 13.4. The van der Waals surface area contributed by atoms with Crippen molar-refractivity contribution in [2.75, 3.05) is 0 Å². The van der Waals surface area contributed by atoms with Crippen molar-refractivity contribution in [2.24, 2.45) is 0 Å². The van der Waals surface area contributed by atoms with Crippen LogP contribution < -0.4 is 5.46 Å². The van der Waals surface area contributed by atoms with Gasteiger partial charge in [0, 0.05) is 21.5 Å². The van der Waals surface area contributed by atoms with Crippen molar-refractivity contribution in [2.45, 2.75) is 0 Å².